The van der Waals surface area contributed by atoms with Crippen LogP contribution in [-0.2, 0) is 6.67 Å². The van der Waals surface area contributed by atoms with E-state index in [9.17, 15) is 14.0 Å². The second-order valence-electron chi connectivity index (χ2n) is 6.44. The molecule has 0 radical (unpaired) electrons. The number of benzene rings is 2. The number of hydrogen-bond donors (Lipinski definition) is 1. The number of H-pyrrole nitrogens is 1. The van der Waals surface area contributed by atoms with E-state index in [0.717, 1.165) is 31.9 Å². The molecule has 3 aromatic rings. The molecule has 0 atom stereocenters. The minimum Gasteiger partial charge on any atom is -0.369 e. The molecule has 0 bridgehead atoms. The Labute approximate surface area is 149 Å². The highest BCUT2D eigenvalue weighted by Gasteiger charge is 2.18. The van der Waals surface area contributed by atoms with Crippen molar-refractivity contribution < 1.29 is 4.39 Å². The van der Waals surface area contributed by atoms with Crippen molar-refractivity contribution in [2.75, 3.05) is 31.1 Å². The number of halogens is 1. The van der Waals surface area contributed by atoms with Crippen LogP contribution >= 0.6 is 0 Å². The third kappa shape index (κ3) is 3.13. The number of fused-ring (bicyclic) bond motifs is 1. The van der Waals surface area contributed by atoms with Crippen LogP contribution in [0.5, 0.6) is 0 Å². The standard InChI is InChI=1S/C19H19FN4O2/c20-14-5-7-15(8-6-14)23-11-9-22(10-12-23)13-24-19(26)17-4-2-1-3-16(17)18(25)21-24/h1-8H,9-13H2,(H,21,25). The predicted molar refractivity (Wildman–Crippen MR) is 99.0 cm³/mol. The summed E-state index contributed by atoms with van der Waals surface area (Å²) in [6.07, 6.45) is 0. The molecule has 4 rings (SSSR count). The summed E-state index contributed by atoms with van der Waals surface area (Å²) in [5.41, 5.74) is 0.536. The normalized spacial score (nSPS) is 15.5. The number of hydrogen-bond acceptors (Lipinski definition) is 4. The summed E-state index contributed by atoms with van der Waals surface area (Å²) in [5, 5.41) is 3.51. The number of nitrogens with zero attached hydrogens (tertiary/aromatic N) is 3. The van der Waals surface area contributed by atoms with Gasteiger partial charge in [0, 0.05) is 31.9 Å². The zero-order valence-corrected chi connectivity index (χ0v) is 14.2. The van der Waals surface area contributed by atoms with E-state index in [0.29, 0.717) is 17.4 Å². The molecule has 7 heteroatoms. The molecule has 0 unspecified atom stereocenters. The van der Waals surface area contributed by atoms with Gasteiger partial charge in [-0.15, -0.1) is 0 Å². The average molecular weight is 354 g/mol. The second-order valence-corrected chi connectivity index (χ2v) is 6.44. The van der Waals surface area contributed by atoms with E-state index < -0.39 is 0 Å². The third-order valence-corrected chi connectivity index (χ3v) is 4.79. The first kappa shape index (κ1) is 16.5. The van der Waals surface area contributed by atoms with Gasteiger partial charge in [-0.2, -0.15) is 0 Å². The van der Waals surface area contributed by atoms with Gasteiger partial charge in [-0.25, -0.2) is 9.07 Å². The predicted octanol–water partition coefficient (Wildman–Crippen LogP) is 1.61. The Morgan fingerprint density at radius 2 is 1.54 bits per heavy atom. The number of nitrogens with one attached hydrogen (secondary N) is 1. The fourth-order valence-electron chi connectivity index (χ4n) is 3.35. The molecule has 1 fully saturated rings. The van der Waals surface area contributed by atoms with Crippen molar-refractivity contribution in [1.82, 2.24) is 14.7 Å². The van der Waals surface area contributed by atoms with E-state index in [1.165, 1.54) is 16.8 Å². The molecule has 2 heterocycles. The van der Waals surface area contributed by atoms with Crippen molar-refractivity contribution in [1.29, 1.82) is 0 Å². The van der Waals surface area contributed by atoms with Crippen LogP contribution in [-0.4, -0.2) is 40.9 Å². The van der Waals surface area contributed by atoms with Gasteiger partial charge in [0.2, 0.25) is 0 Å². The molecule has 0 spiro atoms. The van der Waals surface area contributed by atoms with E-state index in [4.69, 9.17) is 0 Å². The minimum absolute atomic E-state index is 0.193. The number of aromatic nitrogens is 2. The molecule has 1 saturated heterocycles. The zero-order chi connectivity index (χ0) is 18.1. The summed E-state index contributed by atoms with van der Waals surface area (Å²) >= 11 is 0. The highest BCUT2D eigenvalue weighted by Crippen LogP contribution is 2.17. The molecule has 6 nitrogen and oxygen atoms in total. The quantitative estimate of drug-likeness (QED) is 0.776. The Bertz CT molecular complexity index is 1030. The summed E-state index contributed by atoms with van der Waals surface area (Å²) in [4.78, 5) is 29.1. The van der Waals surface area contributed by atoms with Gasteiger partial charge in [0.1, 0.15) is 5.82 Å². The number of piperazine rings is 1. The number of aromatic amines is 1. The average Bonchev–Trinajstić information content (AvgIpc) is 2.67. The van der Waals surface area contributed by atoms with Gasteiger partial charge >= 0.3 is 0 Å². The van der Waals surface area contributed by atoms with Crippen molar-refractivity contribution in [3.63, 3.8) is 0 Å². The molecule has 1 N–H and O–H groups in total. The highest BCUT2D eigenvalue weighted by molar-refractivity contribution is 5.80. The summed E-state index contributed by atoms with van der Waals surface area (Å²) in [7, 11) is 0. The van der Waals surface area contributed by atoms with Crippen LogP contribution in [0.2, 0.25) is 0 Å². The van der Waals surface area contributed by atoms with E-state index in [2.05, 4.69) is 14.9 Å². The van der Waals surface area contributed by atoms with Crippen LogP contribution < -0.4 is 16.0 Å². The van der Waals surface area contributed by atoms with E-state index in [1.54, 1.807) is 36.4 Å². The molecular weight excluding hydrogens is 335 g/mol. The van der Waals surface area contributed by atoms with Crippen molar-refractivity contribution in [3.8, 4) is 0 Å². The zero-order valence-electron chi connectivity index (χ0n) is 14.2. The smallest absolute Gasteiger partial charge is 0.274 e. The Balaban J connectivity index is 1.49. The molecule has 1 aliphatic rings. The molecule has 0 amide bonds. The van der Waals surface area contributed by atoms with Gasteiger partial charge in [-0.3, -0.25) is 19.6 Å². The van der Waals surface area contributed by atoms with Crippen molar-refractivity contribution in [3.05, 3.63) is 75.1 Å². The van der Waals surface area contributed by atoms with Crippen LogP contribution in [0.15, 0.2) is 58.1 Å². The monoisotopic (exact) mass is 354 g/mol. The lowest BCUT2D eigenvalue weighted by Gasteiger charge is -2.36. The molecule has 1 aliphatic heterocycles. The number of anilines is 1. The molecule has 2 aromatic carbocycles. The van der Waals surface area contributed by atoms with Gasteiger partial charge in [0.15, 0.2) is 0 Å². The van der Waals surface area contributed by atoms with Crippen LogP contribution in [0.25, 0.3) is 10.8 Å². The fraction of sp³-hybridized carbons (Fsp3) is 0.263. The molecule has 0 saturated carbocycles. The van der Waals surface area contributed by atoms with Crippen LogP contribution in [0.4, 0.5) is 10.1 Å². The summed E-state index contributed by atoms with van der Waals surface area (Å²) in [6.45, 7) is 3.39. The maximum atomic E-state index is 13.1. The molecule has 26 heavy (non-hydrogen) atoms. The Morgan fingerprint density at radius 1 is 0.885 bits per heavy atom. The van der Waals surface area contributed by atoms with E-state index in [-0.39, 0.29) is 16.9 Å². The largest absolute Gasteiger partial charge is 0.369 e. The summed E-state index contributed by atoms with van der Waals surface area (Å²) < 4.78 is 14.4. The molecular formula is C19H19FN4O2. The summed E-state index contributed by atoms with van der Waals surface area (Å²) in [5.74, 6) is -0.244. The number of rotatable bonds is 3. The van der Waals surface area contributed by atoms with Gasteiger partial charge in [-0.1, -0.05) is 12.1 Å². The maximum Gasteiger partial charge on any atom is 0.274 e. The first-order valence-electron chi connectivity index (χ1n) is 8.56. The Morgan fingerprint density at radius 3 is 2.23 bits per heavy atom. The van der Waals surface area contributed by atoms with Crippen LogP contribution in [0, 0.1) is 5.82 Å². The van der Waals surface area contributed by atoms with Crippen LogP contribution in [0.1, 0.15) is 0 Å². The first-order valence-corrected chi connectivity index (χ1v) is 8.56. The molecule has 134 valence electrons. The Hall–Kier alpha value is -2.93. The van der Waals surface area contributed by atoms with E-state index >= 15 is 0 Å². The second kappa shape index (κ2) is 6.76. The highest BCUT2D eigenvalue weighted by atomic mass is 19.1. The summed E-state index contributed by atoms with van der Waals surface area (Å²) in [6, 6.07) is 13.3. The van der Waals surface area contributed by atoms with Gasteiger partial charge in [0.25, 0.3) is 11.1 Å². The van der Waals surface area contributed by atoms with Crippen molar-refractivity contribution in [2.45, 2.75) is 6.67 Å². The maximum absolute atomic E-state index is 13.1. The van der Waals surface area contributed by atoms with Gasteiger partial charge in [-0.05, 0) is 36.4 Å². The van der Waals surface area contributed by atoms with Crippen molar-refractivity contribution in [2.24, 2.45) is 0 Å². The van der Waals surface area contributed by atoms with Crippen molar-refractivity contribution >= 4 is 16.5 Å². The van der Waals surface area contributed by atoms with Gasteiger partial charge in [0.05, 0.1) is 17.4 Å². The van der Waals surface area contributed by atoms with Crippen LogP contribution in [0.3, 0.4) is 0 Å². The van der Waals surface area contributed by atoms with Gasteiger partial charge < -0.3 is 4.90 Å². The van der Waals surface area contributed by atoms with E-state index in [1.807, 2.05) is 0 Å². The Kier molecular flexibility index (Phi) is 4.30. The minimum atomic E-state index is -0.259. The first-order chi connectivity index (χ1) is 12.6. The lowest BCUT2D eigenvalue weighted by molar-refractivity contribution is 0.191. The molecule has 1 aromatic heterocycles. The topological polar surface area (TPSA) is 61.3 Å². The SMILES string of the molecule is O=c1[nH]n(CN2CCN(c3ccc(F)cc3)CC2)c(=O)c2ccccc12. The lowest BCUT2D eigenvalue weighted by atomic mass is 10.2. The fourth-order valence-corrected chi connectivity index (χ4v) is 3.35. The lowest BCUT2D eigenvalue weighted by Crippen LogP contribution is -2.48. The molecule has 0 aliphatic carbocycles. The third-order valence-electron chi connectivity index (χ3n) is 4.79.